The Morgan fingerprint density at radius 3 is 2.95 bits per heavy atom. The zero-order valence-electron chi connectivity index (χ0n) is 12.0. The third-order valence-electron chi connectivity index (χ3n) is 3.88. The average molecular weight is 289 g/mol. The minimum atomic E-state index is -1.04. The van der Waals surface area contributed by atoms with E-state index in [1.807, 2.05) is 25.1 Å². The molecule has 3 rings (SSSR count). The van der Waals surface area contributed by atoms with Gasteiger partial charge in [0, 0.05) is 24.6 Å². The molecule has 0 radical (unpaired) electrons. The van der Waals surface area contributed by atoms with Crippen LogP contribution in [0.5, 0.6) is 0 Å². The number of ether oxygens (including phenoxy) is 1. The van der Waals surface area contributed by atoms with Crippen molar-refractivity contribution < 1.29 is 19.1 Å². The second-order valence-electron chi connectivity index (χ2n) is 5.41. The summed E-state index contributed by atoms with van der Waals surface area (Å²) < 4.78 is 10.8. The Balaban J connectivity index is 1.59. The number of benzene rings is 1. The van der Waals surface area contributed by atoms with Gasteiger partial charge in [-0.15, -0.1) is 0 Å². The molecule has 0 aliphatic heterocycles. The second kappa shape index (κ2) is 5.87. The van der Waals surface area contributed by atoms with Gasteiger partial charge in [-0.05, 0) is 43.5 Å². The Morgan fingerprint density at radius 1 is 1.43 bits per heavy atom. The van der Waals surface area contributed by atoms with E-state index in [9.17, 15) is 4.79 Å². The van der Waals surface area contributed by atoms with E-state index in [2.05, 4.69) is 5.32 Å². The maximum absolute atomic E-state index is 10.9. The number of furan rings is 1. The van der Waals surface area contributed by atoms with Crippen LogP contribution in [0.3, 0.4) is 0 Å². The lowest BCUT2D eigenvalue weighted by atomic mass is 9.89. The van der Waals surface area contributed by atoms with Crippen LogP contribution < -0.4 is 5.32 Å². The van der Waals surface area contributed by atoms with Gasteiger partial charge in [0.1, 0.15) is 5.58 Å². The fourth-order valence-electron chi connectivity index (χ4n) is 2.67. The third kappa shape index (κ3) is 3.09. The molecule has 2 N–H and O–H groups in total. The number of carbonyl (C=O) groups is 1. The largest absolute Gasteiger partial charge is 0.475 e. The van der Waals surface area contributed by atoms with Gasteiger partial charge >= 0.3 is 5.97 Å². The van der Waals surface area contributed by atoms with E-state index in [0.717, 1.165) is 36.9 Å². The van der Waals surface area contributed by atoms with E-state index in [1.54, 1.807) is 6.07 Å². The van der Waals surface area contributed by atoms with Gasteiger partial charge in [0.25, 0.3) is 0 Å². The summed E-state index contributed by atoms with van der Waals surface area (Å²) in [6.45, 7) is 3.57. The molecular formula is C16H19NO4. The van der Waals surface area contributed by atoms with Crippen LogP contribution >= 0.6 is 0 Å². The Bertz CT molecular complexity index is 643. The van der Waals surface area contributed by atoms with Crippen molar-refractivity contribution in [2.45, 2.75) is 38.5 Å². The van der Waals surface area contributed by atoms with Crippen molar-refractivity contribution in [3.63, 3.8) is 0 Å². The first kappa shape index (κ1) is 14.1. The zero-order chi connectivity index (χ0) is 14.8. The fourth-order valence-corrected chi connectivity index (χ4v) is 2.67. The number of nitrogens with one attached hydrogen (secondary N) is 1. The molecule has 1 fully saturated rings. The van der Waals surface area contributed by atoms with Crippen molar-refractivity contribution in [2.24, 2.45) is 0 Å². The average Bonchev–Trinajstić information content (AvgIpc) is 2.84. The number of fused-ring (bicyclic) bond motifs is 1. The number of hydrogen-bond acceptors (Lipinski definition) is 4. The molecule has 21 heavy (non-hydrogen) atoms. The lowest BCUT2D eigenvalue weighted by molar-refractivity contribution is -0.0102. The van der Waals surface area contributed by atoms with Crippen LogP contribution in [0, 0.1) is 0 Å². The molecule has 2 aromatic rings. The minimum Gasteiger partial charge on any atom is -0.475 e. The first-order valence-corrected chi connectivity index (χ1v) is 7.26. The highest BCUT2D eigenvalue weighted by molar-refractivity contribution is 5.91. The van der Waals surface area contributed by atoms with Crippen LogP contribution in [0.4, 0.5) is 0 Å². The maximum Gasteiger partial charge on any atom is 0.371 e. The maximum atomic E-state index is 10.9. The van der Waals surface area contributed by atoms with E-state index in [-0.39, 0.29) is 5.76 Å². The molecule has 1 aliphatic rings. The molecule has 1 aromatic heterocycles. The number of carboxylic acids is 1. The molecule has 0 unspecified atom stereocenters. The van der Waals surface area contributed by atoms with E-state index < -0.39 is 5.97 Å². The van der Waals surface area contributed by atoms with E-state index in [1.165, 1.54) is 0 Å². The predicted molar refractivity (Wildman–Crippen MR) is 78.4 cm³/mol. The van der Waals surface area contributed by atoms with Crippen LogP contribution in [0.15, 0.2) is 28.7 Å². The van der Waals surface area contributed by atoms with E-state index in [0.29, 0.717) is 17.7 Å². The van der Waals surface area contributed by atoms with Gasteiger partial charge in [0.2, 0.25) is 5.76 Å². The molecular weight excluding hydrogens is 270 g/mol. The lowest BCUT2D eigenvalue weighted by Gasteiger charge is -2.35. The van der Waals surface area contributed by atoms with Crippen LogP contribution in [0.25, 0.3) is 11.0 Å². The molecule has 5 nitrogen and oxygen atoms in total. The van der Waals surface area contributed by atoms with Crippen LogP contribution in [0.1, 0.15) is 35.9 Å². The monoisotopic (exact) mass is 289 g/mol. The van der Waals surface area contributed by atoms with Gasteiger partial charge in [0.15, 0.2) is 0 Å². The molecule has 5 heteroatoms. The molecule has 1 heterocycles. The molecule has 0 atom stereocenters. The van der Waals surface area contributed by atoms with Gasteiger partial charge in [-0.2, -0.15) is 0 Å². The van der Waals surface area contributed by atoms with Crippen molar-refractivity contribution >= 4 is 16.9 Å². The number of hydrogen-bond donors (Lipinski definition) is 2. The normalized spacial score (nSPS) is 21.4. The smallest absolute Gasteiger partial charge is 0.371 e. The highest BCUT2D eigenvalue weighted by Crippen LogP contribution is 2.24. The van der Waals surface area contributed by atoms with Crippen molar-refractivity contribution in [2.75, 3.05) is 6.61 Å². The summed E-state index contributed by atoms with van der Waals surface area (Å²) in [6, 6.07) is 7.83. The Labute approximate surface area is 122 Å². The van der Waals surface area contributed by atoms with Crippen molar-refractivity contribution in [1.82, 2.24) is 5.32 Å². The highest BCUT2D eigenvalue weighted by atomic mass is 16.5. The number of aromatic carboxylic acids is 1. The SMILES string of the molecule is CCOC1CC(NCc2ccc3oc(C(=O)O)cc3c2)C1. The van der Waals surface area contributed by atoms with Gasteiger partial charge < -0.3 is 19.6 Å². The van der Waals surface area contributed by atoms with Gasteiger partial charge in [-0.3, -0.25) is 0 Å². The summed E-state index contributed by atoms with van der Waals surface area (Å²) in [7, 11) is 0. The quantitative estimate of drug-likeness (QED) is 0.855. The summed E-state index contributed by atoms with van der Waals surface area (Å²) in [5, 5.41) is 13.2. The second-order valence-corrected chi connectivity index (χ2v) is 5.41. The molecule has 1 aromatic carbocycles. The Kier molecular flexibility index (Phi) is 3.94. The van der Waals surface area contributed by atoms with Gasteiger partial charge in [0.05, 0.1) is 6.10 Å². The fraction of sp³-hybridized carbons (Fsp3) is 0.438. The van der Waals surface area contributed by atoms with Crippen molar-refractivity contribution in [3.8, 4) is 0 Å². The summed E-state index contributed by atoms with van der Waals surface area (Å²) >= 11 is 0. The molecule has 0 amide bonds. The summed E-state index contributed by atoms with van der Waals surface area (Å²) in [5.74, 6) is -1.06. The molecule has 1 saturated carbocycles. The summed E-state index contributed by atoms with van der Waals surface area (Å²) in [5.41, 5.74) is 1.73. The standard InChI is InChI=1S/C16H19NO4/c1-2-20-13-7-12(8-13)17-9-10-3-4-14-11(5-10)6-15(21-14)16(18)19/h3-6,12-13,17H,2,7-9H2,1H3,(H,18,19). The lowest BCUT2D eigenvalue weighted by Crippen LogP contribution is -2.45. The zero-order valence-corrected chi connectivity index (χ0v) is 12.0. The highest BCUT2D eigenvalue weighted by Gasteiger charge is 2.28. The van der Waals surface area contributed by atoms with Gasteiger partial charge in [-0.25, -0.2) is 4.79 Å². The first-order valence-electron chi connectivity index (χ1n) is 7.26. The Morgan fingerprint density at radius 2 is 2.24 bits per heavy atom. The first-order chi connectivity index (χ1) is 10.2. The number of carboxylic acid groups (broad SMARTS) is 1. The van der Waals surface area contributed by atoms with E-state index >= 15 is 0 Å². The minimum absolute atomic E-state index is 0.0198. The topological polar surface area (TPSA) is 71.7 Å². The summed E-state index contributed by atoms with van der Waals surface area (Å²) in [6.07, 6.45) is 2.53. The molecule has 0 bridgehead atoms. The van der Waals surface area contributed by atoms with Gasteiger partial charge in [-0.1, -0.05) is 6.07 Å². The van der Waals surface area contributed by atoms with Crippen molar-refractivity contribution in [1.29, 1.82) is 0 Å². The predicted octanol–water partition coefficient (Wildman–Crippen LogP) is 2.79. The molecule has 0 spiro atoms. The molecule has 0 saturated heterocycles. The third-order valence-corrected chi connectivity index (χ3v) is 3.88. The van der Waals surface area contributed by atoms with Crippen LogP contribution in [-0.4, -0.2) is 29.8 Å². The molecule has 1 aliphatic carbocycles. The number of rotatable bonds is 6. The van der Waals surface area contributed by atoms with E-state index in [4.69, 9.17) is 14.3 Å². The van der Waals surface area contributed by atoms with Crippen LogP contribution in [0.2, 0.25) is 0 Å². The Hall–Kier alpha value is -1.85. The van der Waals surface area contributed by atoms with Crippen molar-refractivity contribution in [3.05, 3.63) is 35.6 Å². The van der Waals surface area contributed by atoms with Crippen LogP contribution in [-0.2, 0) is 11.3 Å². The molecule has 112 valence electrons. The summed E-state index contributed by atoms with van der Waals surface area (Å²) in [4.78, 5) is 10.9.